The van der Waals surface area contributed by atoms with Gasteiger partial charge in [0.15, 0.2) is 0 Å². The molecule has 0 bridgehead atoms. The van der Waals surface area contributed by atoms with Crippen LogP contribution in [0.4, 0.5) is 0 Å². The highest BCUT2D eigenvalue weighted by Gasteiger charge is 2.33. The Hall–Kier alpha value is -0.443. The summed E-state index contributed by atoms with van der Waals surface area (Å²) in [7, 11) is 0.726. The molecule has 17 heavy (non-hydrogen) atoms. The summed E-state index contributed by atoms with van der Waals surface area (Å²) < 4.78 is 1.27. The molecule has 0 atom stereocenters. The van der Waals surface area contributed by atoms with Crippen LogP contribution in [0, 0.1) is 5.41 Å². The van der Waals surface area contributed by atoms with Crippen molar-refractivity contribution in [1.29, 1.82) is 0 Å². The third-order valence-corrected chi connectivity index (χ3v) is 5.40. The van der Waals surface area contributed by atoms with Crippen LogP contribution in [0.3, 0.4) is 0 Å². The van der Waals surface area contributed by atoms with Crippen LogP contribution in [-0.2, 0) is 0 Å². The van der Waals surface area contributed by atoms with E-state index in [0.29, 0.717) is 0 Å². The van der Waals surface area contributed by atoms with E-state index in [9.17, 15) is 0 Å². The lowest BCUT2D eigenvalue weighted by molar-refractivity contribution is 0.583. The Balaban J connectivity index is 2.24. The van der Waals surface area contributed by atoms with Gasteiger partial charge in [-0.3, -0.25) is 0 Å². The lowest BCUT2D eigenvalue weighted by Gasteiger charge is -2.29. The second-order valence-corrected chi connectivity index (χ2v) is 8.35. The molecule has 2 aliphatic carbocycles. The second-order valence-electron chi connectivity index (χ2n) is 5.00. The van der Waals surface area contributed by atoms with Gasteiger partial charge in [-0.25, -0.2) is 0 Å². The Labute approximate surface area is 117 Å². The summed E-state index contributed by atoms with van der Waals surface area (Å²) in [5, 5.41) is 2.27. The summed E-state index contributed by atoms with van der Waals surface area (Å²) >= 11 is 9.78. The number of fused-ring (bicyclic) bond motifs is 2. The van der Waals surface area contributed by atoms with Gasteiger partial charge in [-0.05, 0) is 28.0 Å². The minimum Gasteiger partial charge on any atom is -0.0846 e. The molecule has 0 saturated carbocycles. The van der Waals surface area contributed by atoms with Gasteiger partial charge in [0.25, 0.3) is 0 Å². The van der Waals surface area contributed by atoms with Crippen molar-refractivity contribution in [3.8, 4) is 0 Å². The van der Waals surface area contributed by atoms with Gasteiger partial charge >= 0.3 is 0 Å². The molecule has 0 unspecified atom stereocenters. The molecule has 1 radical (unpaired) electrons. The molecule has 0 nitrogen and oxygen atoms in total. The van der Waals surface area contributed by atoms with E-state index in [1.807, 2.05) is 0 Å². The van der Waals surface area contributed by atoms with E-state index in [0.717, 1.165) is 14.2 Å². The largest absolute Gasteiger partial charge is 0.0846 e. The lowest BCUT2D eigenvalue weighted by atomic mass is 9.76. The van der Waals surface area contributed by atoms with Crippen molar-refractivity contribution < 1.29 is 0 Å². The van der Waals surface area contributed by atoms with Crippen molar-refractivity contribution in [1.82, 2.24) is 0 Å². The molecule has 0 spiro atoms. The highest BCUT2D eigenvalue weighted by Crippen LogP contribution is 2.47. The third kappa shape index (κ3) is 1.83. The molecule has 3 heteroatoms. The first-order chi connectivity index (χ1) is 7.97. The van der Waals surface area contributed by atoms with Gasteiger partial charge < -0.3 is 0 Å². The highest BCUT2D eigenvalue weighted by molar-refractivity contribution is 9.19. The Morgan fingerprint density at radius 2 is 2.00 bits per heavy atom. The molecule has 0 N–H and O–H groups in total. The van der Waals surface area contributed by atoms with E-state index in [4.69, 9.17) is 11.6 Å². The lowest BCUT2D eigenvalue weighted by Crippen LogP contribution is -2.17. The van der Waals surface area contributed by atoms with Gasteiger partial charge in [0.1, 0.15) is 0 Å². The fourth-order valence-corrected chi connectivity index (χ4v) is 4.80. The summed E-state index contributed by atoms with van der Waals surface area (Å²) in [5.74, 6) is 0. The van der Waals surface area contributed by atoms with Crippen LogP contribution >= 0.6 is 27.5 Å². The third-order valence-electron chi connectivity index (χ3n) is 3.23. The van der Waals surface area contributed by atoms with Crippen molar-refractivity contribution in [2.45, 2.75) is 13.8 Å². The van der Waals surface area contributed by atoms with Crippen molar-refractivity contribution in [2.24, 2.45) is 5.41 Å². The number of rotatable bonds is 0. The molecule has 0 aromatic rings. The van der Waals surface area contributed by atoms with E-state index < -0.39 is 0 Å². The Morgan fingerprint density at radius 1 is 1.24 bits per heavy atom. The number of hydrogen-bond acceptors (Lipinski definition) is 0. The van der Waals surface area contributed by atoms with Crippen LogP contribution in [-0.4, -0.2) is 13.2 Å². The first-order valence-electron chi connectivity index (χ1n) is 5.52. The van der Waals surface area contributed by atoms with Crippen molar-refractivity contribution in [3.63, 3.8) is 0 Å². The molecule has 3 rings (SSSR count). The van der Waals surface area contributed by atoms with Gasteiger partial charge in [0.05, 0.1) is 9.13 Å². The minimum absolute atomic E-state index is 0.0212. The summed E-state index contributed by atoms with van der Waals surface area (Å²) in [6.07, 6.45) is 10.9. The molecular weight excluding hydrogens is 312 g/mol. The van der Waals surface area contributed by atoms with E-state index in [-0.39, 0.29) is 5.41 Å². The van der Waals surface area contributed by atoms with Crippen LogP contribution < -0.4 is 0 Å². The zero-order chi connectivity index (χ0) is 12.2. The second kappa shape index (κ2) is 3.77. The molecular formula is C14H11BrClSi. The molecule has 0 amide bonds. The van der Waals surface area contributed by atoms with E-state index in [1.165, 1.54) is 26.0 Å². The maximum Gasteiger partial charge on any atom is 0.0790 e. The maximum atomic E-state index is 6.20. The summed E-state index contributed by atoms with van der Waals surface area (Å²) in [6.45, 7) is 4.46. The monoisotopic (exact) mass is 321 g/mol. The first kappa shape index (κ1) is 11.6. The number of hydrogen-bond donors (Lipinski definition) is 0. The van der Waals surface area contributed by atoms with Gasteiger partial charge in [-0.15, -0.1) is 0 Å². The predicted octanol–water partition coefficient (Wildman–Crippen LogP) is 4.07. The molecule has 3 aliphatic rings. The topological polar surface area (TPSA) is 0 Å². The molecule has 0 fully saturated rings. The molecule has 0 aromatic carbocycles. The van der Waals surface area contributed by atoms with E-state index >= 15 is 0 Å². The van der Waals surface area contributed by atoms with Gasteiger partial charge in [0.2, 0.25) is 0 Å². The fraction of sp³-hybridized carbons (Fsp3) is 0.214. The number of allylic oxidation sites excluding steroid dienone is 10. The van der Waals surface area contributed by atoms with Gasteiger partial charge in [-0.2, -0.15) is 0 Å². The standard InChI is InChI=1S/C14H11BrClSi/c1-14(2)7-9(16)5-8-6-11-10(13(8)14)3-4-12(15)17-11/h3-7H,1-2H3. The van der Waals surface area contributed by atoms with Crippen LogP contribution in [0.2, 0.25) is 0 Å². The van der Waals surface area contributed by atoms with Crippen LogP contribution in [0.25, 0.3) is 0 Å². The zero-order valence-electron chi connectivity index (χ0n) is 9.64. The Kier molecular flexibility index (Phi) is 2.58. The van der Waals surface area contributed by atoms with Crippen molar-refractivity contribution in [2.75, 3.05) is 0 Å². The molecule has 1 heterocycles. The normalized spacial score (nSPS) is 24.7. The van der Waals surface area contributed by atoms with Crippen LogP contribution in [0.1, 0.15) is 13.8 Å². The molecule has 0 saturated heterocycles. The quantitative estimate of drug-likeness (QED) is 0.590. The fourth-order valence-electron chi connectivity index (χ4n) is 2.64. The first-order valence-corrected chi connectivity index (χ1v) is 7.69. The Bertz CT molecular complexity index is 598. The smallest absolute Gasteiger partial charge is 0.0790 e. The van der Waals surface area contributed by atoms with E-state index in [2.05, 4.69) is 60.2 Å². The van der Waals surface area contributed by atoms with Gasteiger partial charge in [-0.1, -0.05) is 65.7 Å². The highest BCUT2D eigenvalue weighted by atomic mass is 79.9. The van der Waals surface area contributed by atoms with Crippen LogP contribution in [0.15, 0.2) is 57.3 Å². The van der Waals surface area contributed by atoms with Crippen LogP contribution in [0.5, 0.6) is 0 Å². The maximum absolute atomic E-state index is 6.20. The molecule has 85 valence electrons. The van der Waals surface area contributed by atoms with Crippen molar-refractivity contribution in [3.05, 3.63) is 57.3 Å². The number of halogens is 2. The Morgan fingerprint density at radius 3 is 2.76 bits per heavy atom. The summed E-state index contributed by atoms with van der Waals surface area (Å²) in [4.78, 5) is 0. The SMILES string of the molecule is CC1(C)C=C(Cl)C=C2C=C3[Si]=C(Br)C=CC3=C21. The molecule has 0 aromatic heterocycles. The van der Waals surface area contributed by atoms with Crippen molar-refractivity contribution >= 4 is 40.7 Å². The summed E-state index contributed by atoms with van der Waals surface area (Å²) in [6, 6.07) is 0. The average molecular weight is 323 g/mol. The van der Waals surface area contributed by atoms with E-state index in [1.54, 1.807) is 0 Å². The predicted molar refractivity (Wildman–Crippen MR) is 79.7 cm³/mol. The summed E-state index contributed by atoms with van der Waals surface area (Å²) in [5.41, 5.74) is 4.11. The zero-order valence-corrected chi connectivity index (χ0v) is 13.0. The molecule has 1 aliphatic heterocycles. The average Bonchev–Trinajstić information content (AvgIpc) is 2.53. The van der Waals surface area contributed by atoms with Gasteiger partial charge in [0, 0.05) is 14.5 Å². The minimum atomic E-state index is 0.0212.